The number of carbonyl (C=O) groups is 1. The van der Waals surface area contributed by atoms with Crippen LogP contribution in [0.2, 0.25) is 0 Å². The molecule has 5 heteroatoms. The van der Waals surface area contributed by atoms with Crippen molar-refractivity contribution >= 4 is 18.2 Å². The van der Waals surface area contributed by atoms with Crippen LogP contribution in [0.1, 0.15) is 55.2 Å². The van der Waals surface area contributed by atoms with Crippen LogP contribution < -0.4 is 9.47 Å². The molecule has 1 saturated heterocycles. The first-order chi connectivity index (χ1) is 16.2. The van der Waals surface area contributed by atoms with Crippen molar-refractivity contribution in [1.82, 2.24) is 4.90 Å². The number of likely N-dealkylation sites (tertiary alicyclic amines) is 1. The monoisotopic (exact) mass is 479 g/mol. The van der Waals surface area contributed by atoms with Gasteiger partial charge in [0.05, 0.1) is 6.61 Å². The normalized spacial score (nSPS) is 30.8. The van der Waals surface area contributed by atoms with E-state index in [1.54, 1.807) is 0 Å². The fraction of sp³-hybridized carbons (Fsp3) is 0.552. The molecule has 4 atom stereocenters. The summed E-state index contributed by atoms with van der Waals surface area (Å²) in [6, 6.07) is 15.4. The maximum Gasteiger partial charge on any atom is 0.174 e. The van der Waals surface area contributed by atoms with Crippen molar-refractivity contribution in [2.75, 3.05) is 19.7 Å². The number of benzene rings is 2. The number of rotatable bonds is 7. The Morgan fingerprint density at radius 2 is 1.94 bits per heavy atom. The molecule has 5 aliphatic rings. The van der Waals surface area contributed by atoms with E-state index >= 15 is 0 Å². The molecule has 34 heavy (non-hydrogen) atoms. The van der Waals surface area contributed by atoms with Crippen LogP contribution in [0.5, 0.6) is 11.5 Å². The molecule has 0 aromatic heterocycles. The summed E-state index contributed by atoms with van der Waals surface area (Å²) in [7, 11) is 0. The van der Waals surface area contributed by atoms with Crippen LogP contribution in [0.25, 0.3) is 0 Å². The molecule has 2 aromatic carbocycles. The second-order valence-corrected chi connectivity index (χ2v) is 11.0. The van der Waals surface area contributed by atoms with Gasteiger partial charge in [-0.3, -0.25) is 9.69 Å². The van der Waals surface area contributed by atoms with Crippen molar-refractivity contribution in [3.8, 4) is 11.5 Å². The largest absolute Gasteiger partial charge is 0.493 e. The van der Waals surface area contributed by atoms with E-state index in [-0.39, 0.29) is 23.9 Å². The van der Waals surface area contributed by atoms with Crippen molar-refractivity contribution in [3.05, 3.63) is 59.2 Å². The maximum absolute atomic E-state index is 13.1. The molecule has 2 bridgehead atoms. The standard InChI is InChI=1S/C29H33NO3.ClH/c31-24-11-10-22-23-17-21-25(32-16-4-7-19-5-2-1-3-6-19)12-13-26-27(21)29(22,28(24)33-26)14-15-30(23)18-20-8-9-20;/h1-3,5-6,12-13,20,22-23,28H,4,7-11,14-18H2;1H/t22-,23+,28-,29-;/m0./s1. The molecule has 180 valence electrons. The van der Waals surface area contributed by atoms with Gasteiger partial charge in [0, 0.05) is 35.5 Å². The molecule has 3 fully saturated rings. The molecule has 2 aromatic rings. The number of Topliss-reactive ketones (excluding diaryl/α,β-unsaturated/α-hetero) is 1. The van der Waals surface area contributed by atoms with E-state index in [1.165, 1.54) is 36.1 Å². The molecule has 2 saturated carbocycles. The zero-order valence-electron chi connectivity index (χ0n) is 19.7. The predicted molar refractivity (Wildman–Crippen MR) is 134 cm³/mol. The van der Waals surface area contributed by atoms with E-state index < -0.39 is 0 Å². The van der Waals surface area contributed by atoms with E-state index in [9.17, 15) is 4.79 Å². The number of hydrogen-bond donors (Lipinski definition) is 0. The van der Waals surface area contributed by atoms with Crippen LogP contribution in [-0.4, -0.2) is 42.5 Å². The highest BCUT2D eigenvalue weighted by Crippen LogP contribution is 2.62. The lowest BCUT2D eigenvalue weighted by Crippen LogP contribution is -2.66. The van der Waals surface area contributed by atoms with Gasteiger partial charge in [-0.05, 0) is 81.0 Å². The predicted octanol–water partition coefficient (Wildman–Crippen LogP) is 5.14. The summed E-state index contributed by atoms with van der Waals surface area (Å²) >= 11 is 0. The summed E-state index contributed by atoms with van der Waals surface area (Å²) in [6.07, 6.45) is 8.33. The third-order valence-corrected chi connectivity index (χ3v) is 9.12. The Kier molecular flexibility index (Phi) is 5.65. The van der Waals surface area contributed by atoms with Gasteiger partial charge in [-0.2, -0.15) is 0 Å². The number of ether oxygens (including phenoxy) is 2. The van der Waals surface area contributed by atoms with Gasteiger partial charge in [-0.25, -0.2) is 0 Å². The van der Waals surface area contributed by atoms with Gasteiger partial charge in [-0.1, -0.05) is 30.3 Å². The SMILES string of the molecule is Cl.O=C1CC[C@H]2[C@H]3Cc4c(OCCCc5ccccc5)ccc5c4[C@@]2(CCN3CC2CC2)[C@H]1O5. The lowest BCUT2D eigenvalue weighted by atomic mass is 9.51. The van der Waals surface area contributed by atoms with Crippen LogP contribution in [0.4, 0.5) is 0 Å². The minimum Gasteiger partial charge on any atom is -0.493 e. The zero-order chi connectivity index (χ0) is 22.0. The molecule has 0 amide bonds. The molecule has 2 aliphatic heterocycles. The van der Waals surface area contributed by atoms with Crippen molar-refractivity contribution in [1.29, 1.82) is 0 Å². The van der Waals surface area contributed by atoms with Gasteiger partial charge < -0.3 is 9.47 Å². The summed E-state index contributed by atoms with van der Waals surface area (Å²) in [5, 5.41) is 0. The molecule has 0 radical (unpaired) electrons. The number of hydrogen-bond acceptors (Lipinski definition) is 4. The van der Waals surface area contributed by atoms with Crippen molar-refractivity contribution in [2.45, 2.75) is 68.9 Å². The maximum atomic E-state index is 13.1. The third kappa shape index (κ3) is 3.40. The number of carbonyl (C=O) groups excluding carboxylic acids is 1. The Bertz CT molecular complexity index is 1080. The Morgan fingerprint density at radius 3 is 2.76 bits per heavy atom. The van der Waals surface area contributed by atoms with Gasteiger partial charge in [0.2, 0.25) is 0 Å². The van der Waals surface area contributed by atoms with Crippen LogP contribution in [0.15, 0.2) is 42.5 Å². The van der Waals surface area contributed by atoms with Gasteiger partial charge in [0.1, 0.15) is 11.5 Å². The highest BCUT2D eigenvalue weighted by molar-refractivity contribution is 5.89. The average molecular weight is 480 g/mol. The average Bonchev–Trinajstić information content (AvgIpc) is 3.59. The highest BCUT2D eigenvalue weighted by atomic mass is 35.5. The number of ketones is 1. The van der Waals surface area contributed by atoms with Crippen molar-refractivity contribution in [3.63, 3.8) is 0 Å². The zero-order valence-corrected chi connectivity index (χ0v) is 20.5. The van der Waals surface area contributed by atoms with E-state index in [4.69, 9.17) is 9.47 Å². The topological polar surface area (TPSA) is 38.8 Å². The number of halogens is 1. The number of aryl methyl sites for hydroxylation is 1. The summed E-state index contributed by atoms with van der Waals surface area (Å²) in [5.41, 5.74) is 3.92. The highest BCUT2D eigenvalue weighted by Gasteiger charge is 2.65. The molecule has 1 spiro atoms. The van der Waals surface area contributed by atoms with Crippen molar-refractivity contribution < 1.29 is 14.3 Å². The molecular weight excluding hydrogens is 446 g/mol. The lowest BCUT2D eigenvalue weighted by Gasteiger charge is -2.57. The molecular formula is C29H34ClNO3. The van der Waals surface area contributed by atoms with E-state index in [1.807, 2.05) is 0 Å². The van der Waals surface area contributed by atoms with Gasteiger partial charge in [0.15, 0.2) is 11.9 Å². The molecule has 0 N–H and O–H groups in total. The summed E-state index contributed by atoms with van der Waals surface area (Å²) in [6.45, 7) is 3.06. The molecule has 2 heterocycles. The molecule has 3 aliphatic carbocycles. The Hall–Kier alpha value is -2.04. The van der Waals surface area contributed by atoms with Crippen LogP contribution >= 0.6 is 12.4 Å². The van der Waals surface area contributed by atoms with E-state index in [2.05, 4.69) is 47.4 Å². The molecule has 0 unspecified atom stereocenters. The first kappa shape index (κ1) is 22.4. The summed E-state index contributed by atoms with van der Waals surface area (Å²) in [5.74, 6) is 3.73. The Morgan fingerprint density at radius 1 is 1.09 bits per heavy atom. The summed E-state index contributed by atoms with van der Waals surface area (Å²) in [4.78, 5) is 15.8. The smallest absolute Gasteiger partial charge is 0.174 e. The van der Waals surface area contributed by atoms with E-state index in [0.717, 1.165) is 62.7 Å². The fourth-order valence-electron chi connectivity index (χ4n) is 7.50. The minimum atomic E-state index is -0.274. The Balaban J connectivity index is 0.00000217. The van der Waals surface area contributed by atoms with Gasteiger partial charge in [0.25, 0.3) is 0 Å². The fourth-order valence-corrected chi connectivity index (χ4v) is 7.50. The first-order valence-corrected chi connectivity index (χ1v) is 13.0. The second kappa shape index (κ2) is 8.57. The summed E-state index contributed by atoms with van der Waals surface area (Å²) < 4.78 is 12.9. The Labute approximate surface area is 208 Å². The van der Waals surface area contributed by atoms with Crippen LogP contribution in [0.3, 0.4) is 0 Å². The first-order valence-electron chi connectivity index (χ1n) is 13.0. The van der Waals surface area contributed by atoms with Crippen molar-refractivity contribution in [2.24, 2.45) is 11.8 Å². The lowest BCUT2D eigenvalue weighted by molar-refractivity contribution is -0.138. The second-order valence-electron chi connectivity index (χ2n) is 11.0. The van der Waals surface area contributed by atoms with Gasteiger partial charge in [-0.15, -0.1) is 12.4 Å². The number of nitrogens with zero attached hydrogens (tertiary/aromatic N) is 1. The molecule has 7 rings (SSSR count). The number of piperidine rings is 1. The van der Waals surface area contributed by atoms with Gasteiger partial charge >= 0.3 is 0 Å². The van der Waals surface area contributed by atoms with Crippen LogP contribution in [0, 0.1) is 11.8 Å². The third-order valence-electron chi connectivity index (χ3n) is 9.12. The minimum absolute atomic E-state index is 0. The molecule has 4 nitrogen and oxygen atoms in total. The van der Waals surface area contributed by atoms with E-state index in [0.29, 0.717) is 24.2 Å². The quantitative estimate of drug-likeness (QED) is 0.515. The van der Waals surface area contributed by atoms with Crippen LogP contribution in [-0.2, 0) is 23.1 Å².